The van der Waals surface area contributed by atoms with E-state index in [0.717, 1.165) is 29.9 Å². The molecule has 3 aromatic rings. The molecule has 0 radical (unpaired) electrons. The van der Waals surface area contributed by atoms with Gasteiger partial charge in [-0.15, -0.1) is 0 Å². The van der Waals surface area contributed by atoms with Crippen molar-refractivity contribution < 1.29 is 5.11 Å². The first-order valence-corrected chi connectivity index (χ1v) is 7.89. The lowest BCUT2D eigenvalue weighted by atomic mass is 10.2. The van der Waals surface area contributed by atoms with Gasteiger partial charge in [0.15, 0.2) is 0 Å². The molecule has 1 aromatic carbocycles. The number of hydrogen-bond acceptors (Lipinski definition) is 6. The van der Waals surface area contributed by atoms with Gasteiger partial charge < -0.3 is 15.7 Å². The molecule has 0 amide bonds. The largest absolute Gasteiger partial charge is 0.508 e. The van der Waals surface area contributed by atoms with Gasteiger partial charge in [-0.1, -0.05) is 12.1 Å². The molecule has 2 aromatic heterocycles. The fourth-order valence-electron chi connectivity index (χ4n) is 2.36. The van der Waals surface area contributed by atoms with Crippen molar-refractivity contribution in [2.75, 3.05) is 10.6 Å². The van der Waals surface area contributed by atoms with Gasteiger partial charge in [0.1, 0.15) is 11.6 Å². The molecule has 6 nitrogen and oxygen atoms in total. The van der Waals surface area contributed by atoms with Crippen molar-refractivity contribution in [3.05, 3.63) is 54.7 Å². The second kappa shape index (κ2) is 6.16. The van der Waals surface area contributed by atoms with E-state index in [4.69, 9.17) is 0 Å². The van der Waals surface area contributed by atoms with Crippen LogP contribution in [0.4, 0.5) is 17.5 Å². The molecule has 3 N–H and O–H groups in total. The lowest BCUT2D eigenvalue weighted by molar-refractivity contribution is 0.475. The van der Waals surface area contributed by atoms with Gasteiger partial charge in [-0.2, -0.15) is 4.98 Å². The number of aromatic nitrogens is 3. The fraction of sp³-hybridized carbons (Fsp3) is 0.167. The molecule has 0 bridgehead atoms. The Kier molecular flexibility index (Phi) is 3.70. The van der Waals surface area contributed by atoms with Crippen LogP contribution in [0, 0.1) is 0 Å². The summed E-state index contributed by atoms with van der Waals surface area (Å²) in [6.07, 6.45) is 4.03. The minimum Gasteiger partial charge on any atom is -0.508 e. The van der Waals surface area contributed by atoms with E-state index in [2.05, 4.69) is 25.6 Å². The minimum absolute atomic E-state index is 0.204. The van der Waals surface area contributed by atoms with E-state index in [1.165, 1.54) is 0 Å². The molecule has 1 aliphatic carbocycles. The number of pyridine rings is 1. The molecule has 1 fully saturated rings. The van der Waals surface area contributed by atoms with Gasteiger partial charge in [-0.25, -0.2) is 4.98 Å². The summed E-state index contributed by atoms with van der Waals surface area (Å²) in [6, 6.07) is 15.0. The van der Waals surface area contributed by atoms with Crippen LogP contribution in [0.1, 0.15) is 12.8 Å². The average Bonchev–Trinajstić information content (AvgIpc) is 3.39. The topological polar surface area (TPSA) is 83.0 Å². The van der Waals surface area contributed by atoms with Gasteiger partial charge in [0.05, 0.1) is 11.4 Å². The van der Waals surface area contributed by atoms with E-state index in [-0.39, 0.29) is 5.75 Å². The molecule has 0 saturated heterocycles. The Balaban J connectivity index is 1.69. The van der Waals surface area contributed by atoms with Crippen LogP contribution in [0.25, 0.3) is 11.4 Å². The van der Waals surface area contributed by atoms with Gasteiger partial charge in [0.2, 0.25) is 5.95 Å². The van der Waals surface area contributed by atoms with Crippen molar-refractivity contribution in [1.29, 1.82) is 0 Å². The number of phenolic OH excluding ortho intramolecular Hbond substituents is 1. The van der Waals surface area contributed by atoms with Crippen LogP contribution >= 0.6 is 0 Å². The summed E-state index contributed by atoms with van der Waals surface area (Å²) in [6.45, 7) is 0. The minimum atomic E-state index is 0.204. The van der Waals surface area contributed by atoms with Crippen molar-refractivity contribution in [2.45, 2.75) is 18.9 Å². The van der Waals surface area contributed by atoms with E-state index in [1.54, 1.807) is 24.4 Å². The zero-order chi connectivity index (χ0) is 16.4. The first-order valence-electron chi connectivity index (χ1n) is 7.89. The summed E-state index contributed by atoms with van der Waals surface area (Å²) in [4.78, 5) is 13.5. The first-order chi connectivity index (χ1) is 11.8. The first kappa shape index (κ1) is 14.4. The van der Waals surface area contributed by atoms with Crippen molar-refractivity contribution in [3.63, 3.8) is 0 Å². The fourth-order valence-corrected chi connectivity index (χ4v) is 2.36. The van der Waals surface area contributed by atoms with Gasteiger partial charge >= 0.3 is 0 Å². The van der Waals surface area contributed by atoms with Gasteiger partial charge in [0.25, 0.3) is 0 Å². The molecule has 0 unspecified atom stereocenters. The maximum Gasteiger partial charge on any atom is 0.225 e. The molecule has 1 saturated carbocycles. The zero-order valence-corrected chi connectivity index (χ0v) is 13.0. The number of nitrogens with zero attached hydrogens (tertiary/aromatic N) is 3. The quantitative estimate of drug-likeness (QED) is 0.667. The summed E-state index contributed by atoms with van der Waals surface area (Å²) < 4.78 is 0. The van der Waals surface area contributed by atoms with E-state index < -0.39 is 0 Å². The summed E-state index contributed by atoms with van der Waals surface area (Å²) in [5.74, 6) is 1.44. The van der Waals surface area contributed by atoms with Crippen LogP contribution in [0.2, 0.25) is 0 Å². The Hall–Kier alpha value is -3.15. The molecule has 4 rings (SSSR count). The SMILES string of the molecule is Oc1cccc(Nc2cc(-c3ccccn3)nc(NC3CC3)n2)c1. The standard InChI is InChI=1S/C18H17N5O/c24-14-5-3-4-13(10-14)20-17-11-16(15-6-1-2-9-19-15)22-18(23-17)21-12-7-8-12/h1-6,9-12,24H,7-8H2,(H2,20,21,22,23). The van der Waals surface area contributed by atoms with Crippen molar-refractivity contribution >= 4 is 17.5 Å². The van der Waals surface area contributed by atoms with Crippen LogP contribution in [-0.2, 0) is 0 Å². The number of nitrogens with one attached hydrogen (secondary N) is 2. The number of aromatic hydroxyl groups is 1. The predicted octanol–water partition coefficient (Wildman–Crippen LogP) is 3.56. The van der Waals surface area contributed by atoms with Crippen LogP contribution in [0.3, 0.4) is 0 Å². The lowest BCUT2D eigenvalue weighted by Gasteiger charge is -2.11. The molecule has 0 spiro atoms. The highest BCUT2D eigenvalue weighted by Gasteiger charge is 2.22. The van der Waals surface area contributed by atoms with E-state index >= 15 is 0 Å². The average molecular weight is 319 g/mol. The molecular weight excluding hydrogens is 302 g/mol. The predicted molar refractivity (Wildman–Crippen MR) is 93.3 cm³/mol. The lowest BCUT2D eigenvalue weighted by Crippen LogP contribution is -2.08. The summed E-state index contributed by atoms with van der Waals surface area (Å²) in [5.41, 5.74) is 2.30. The zero-order valence-electron chi connectivity index (χ0n) is 13.0. The summed E-state index contributed by atoms with van der Waals surface area (Å²) >= 11 is 0. The highest BCUT2D eigenvalue weighted by Crippen LogP contribution is 2.27. The number of hydrogen-bond donors (Lipinski definition) is 3. The molecule has 2 heterocycles. The van der Waals surface area contributed by atoms with Gasteiger partial charge in [-0.3, -0.25) is 4.98 Å². The number of phenols is 1. The summed E-state index contributed by atoms with van der Waals surface area (Å²) in [7, 11) is 0. The number of rotatable bonds is 5. The maximum absolute atomic E-state index is 9.61. The van der Waals surface area contributed by atoms with Crippen molar-refractivity contribution in [1.82, 2.24) is 15.0 Å². The van der Waals surface area contributed by atoms with Crippen LogP contribution in [0.15, 0.2) is 54.7 Å². The molecule has 0 aliphatic heterocycles. The van der Waals surface area contributed by atoms with Gasteiger partial charge in [0, 0.05) is 30.1 Å². The molecule has 0 atom stereocenters. The van der Waals surface area contributed by atoms with Crippen molar-refractivity contribution in [2.24, 2.45) is 0 Å². The number of benzene rings is 1. The third-order valence-corrected chi connectivity index (χ3v) is 3.68. The normalized spacial score (nSPS) is 13.5. The molecular formula is C18H17N5O. The maximum atomic E-state index is 9.61. The molecule has 120 valence electrons. The Labute approximate surface area is 139 Å². The molecule has 24 heavy (non-hydrogen) atoms. The van der Waals surface area contributed by atoms with Crippen LogP contribution in [-0.4, -0.2) is 26.1 Å². The molecule has 1 aliphatic rings. The Morgan fingerprint density at radius 2 is 1.88 bits per heavy atom. The highest BCUT2D eigenvalue weighted by molar-refractivity contribution is 5.65. The number of anilines is 3. The van der Waals surface area contributed by atoms with Crippen LogP contribution in [0.5, 0.6) is 5.75 Å². The summed E-state index contributed by atoms with van der Waals surface area (Å²) in [5, 5.41) is 16.1. The van der Waals surface area contributed by atoms with E-state index in [0.29, 0.717) is 17.8 Å². The van der Waals surface area contributed by atoms with E-state index in [1.807, 2.05) is 30.3 Å². The Morgan fingerprint density at radius 1 is 0.958 bits per heavy atom. The van der Waals surface area contributed by atoms with Crippen LogP contribution < -0.4 is 10.6 Å². The second-order valence-electron chi connectivity index (χ2n) is 5.77. The Bertz CT molecular complexity index is 849. The molecule has 6 heteroatoms. The third-order valence-electron chi connectivity index (χ3n) is 3.68. The van der Waals surface area contributed by atoms with Crippen molar-refractivity contribution in [3.8, 4) is 17.1 Å². The van der Waals surface area contributed by atoms with Gasteiger partial charge in [-0.05, 0) is 37.1 Å². The second-order valence-corrected chi connectivity index (χ2v) is 5.77. The monoisotopic (exact) mass is 319 g/mol. The third kappa shape index (κ3) is 3.43. The Morgan fingerprint density at radius 3 is 2.62 bits per heavy atom. The smallest absolute Gasteiger partial charge is 0.225 e. The van der Waals surface area contributed by atoms with E-state index in [9.17, 15) is 5.11 Å². The highest BCUT2D eigenvalue weighted by atomic mass is 16.3.